The van der Waals surface area contributed by atoms with E-state index in [0.717, 1.165) is 56.0 Å². The van der Waals surface area contributed by atoms with Gasteiger partial charge >= 0.3 is 0 Å². The lowest BCUT2D eigenvalue weighted by Gasteiger charge is -2.31. The first-order chi connectivity index (χ1) is 15.1. The van der Waals surface area contributed by atoms with E-state index < -0.39 is 0 Å². The first-order valence-corrected chi connectivity index (χ1v) is 11.5. The van der Waals surface area contributed by atoms with Gasteiger partial charge in [-0.25, -0.2) is 0 Å². The van der Waals surface area contributed by atoms with E-state index in [1.54, 1.807) is 31.4 Å². The third-order valence-electron chi connectivity index (χ3n) is 5.46. The third-order valence-corrected chi connectivity index (χ3v) is 6.38. The molecule has 2 aliphatic rings. The van der Waals surface area contributed by atoms with Crippen LogP contribution in [0.15, 0.2) is 41.4 Å². The van der Waals surface area contributed by atoms with E-state index in [9.17, 15) is 9.59 Å². The SMILES string of the molecule is COc1ccc(NC(=O)CSc2ccc(N3CCC(C(=O)NC4CC4)CC3)nn2)cc1. The number of anilines is 2. The van der Waals surface area contributed by atoms with Crippen molar-refractivity contribution in [3.63, 3.8) is 0 Å². The summed E-state index contributed by atoms with van der Waals surface area (Å²) in [7, 11) is 1.60. The molecule has 1 aromatic heterocycles. The summed E-state index contributed by atoms with van der Waals surface area (Å²) in [6, 6.07) is 11.4. The second-order valence-corrected chi connectivity index (χ2v) is 8.83. The quantitative estimate of drug-likeness (QED) is 0.608. The maximum atomic E-state index is 12.2. The lowest BCUT2D eigenvalue weighted by atomic mass is 9.96. The van der Waals surface area contributed by atoms with E-state index in [-0.39, 0.29) is 23.5 Å². The molecule has 0 atom stereocenters. The highest BCUT2D eigenvalue weighted by Crippen LogP contribution is 2.25. The van der Waals surface area contributed by atoms with Crippen molar-refractivity contribution in [2.45, 2.75) is 36.8 Å². The van der Waals surface area contributed by atoms with Crippen LogP contribution < -0.4 is 20.3 Å². The fraction of sp³-hybridized carbons (Fsp3) is 0.455. The number of carbonyl (C=O) groups excluding carboxylic acids is 2. The minimum atomic E-state index is -0.104. The van der Waals surface area contributed by atoms with Gasteiger partial charge in [-0.15, -0.1) is 10.2 Å². The van der Waals surface area contributed by atoms with Crippen LogP contribution in [0, 0.1) is 5.92 Å². The smallest absolute Gasteiger partial charge is 0.234 e. The minimum Gasteiger partial charge on any atom is -0.497 e. The van der Waals surface area contributed by atoms with Crippen molar-refractivity contribution < 1.29 is 14.3 Å². The first-order valence-electron chi connectivity index (χ1n) is 10.6. The Labute approximate surface area is 186 Å². The van der Waals surface area contributed by atoms with Crippen LogP contribution in [0.3, 0.4) is 0 Å². The van der Waals surface area contributed by atoms with Crippen LogP contribution in [0.2, 0.25) is 0 Å². The third kappa shape index (κ3) is 6.10. The molecule has 0 unspecified atom stereocenters. The molecule has 0 radical (unpaired) electrons. The maximum absolute atomic E-state index is 12.2. The molecule has 1 saturated carbocycles. The van der Waals surface area contributed by atoms with Gasteiger partial charge in [-0.3, -0.25) is 9.59 Å². The Balaban J connectivity index is 1.21. The van der Waals surface area contributed by atoms with E-state index in [4.69, 9.17) is 4.74 Å². The molecule has 31 heavy (non-hydrogen) atoms. The van der Waals surface area contributed by atoms with Crippen LogP contribution >= 0.6 is 11.8 Å². The highest BCUT2D eigenvalue weighted by Gasteiger charge is 2.30. The van der Waals surface area contributed by atoms with Gasteiger partial charge in [-0.2, -0.15) is 0 Å². The number of thioether (sulfide) groups is 1. The fourth-order valence-electron chi connectivity index (χ4n) is 3.49. The summed E-state index contributed by atoms with van der Waals surface area (Å²) < 4.78 is 5.11. The molecule has 2 aromatic rings. The van der Waals surface area contributed by atoms with Gasteiger partial charge in [0.1, 0.15) is 10.8 Å². The summed E-state index contributed by atoms with van der Waals surface area (Å²) in [5.41, 5.74) is 0.724. The van der Waals surface area contributed by atoms with Crippen molar-refractivity contribution >= 4 is 35.1 Å². The zero-order valence-electron chi connectivity index (χ0n) is 17.5. The van der Waals surface area contributed by atoms with Gasteiger partial charge in [0, 0.05) is 30.7 Å². The molecule has 0 bridgehead atoms. The molecule has 9 heteroatoms. The normalized spacial score (nSPS) is 16.6. The van der Waals surface area contributed by atoms with Gasteiger partial charge in [0.25, 0.3) is 0 Å². The van der Waals surface area contributed by atoms with E-state index >= 15 is 0 Å². The molecular weight excluding hydrogens is 414 g/mol. The van der Waals surface area contributed by atoms with Crippen molar-refractivity contribution in [1.29, 1.82) is 0 Å². The Morgan fingerprint density at radius 2 is 1.81 bits per heavy atom. The number of nitrogens with zero attached hydrogens (tertiary/aromatic N) is 3. The zero-order chi connectivity index (χ0) is 21.6. The van der Waals surface area contributed by atoms with Crippen LogP contribution in [0.4, 0.5) is 11.5 Å². The van der Waals surface area contributed by atoms with Crippen LogP contribution in [0.1, 0.15) is 25.7 Å². The van der Waals surface area contributed by atoms with Crippen LogP contribution in [-0.2, 0) is 9.59 Å². The predicted octanol–water partition coefficient (Wildman–Crippen LogP) is 2.71. The number of aromatic nitrogens is 2. The highest BCUT2D eigenvalue weighted by atomic mass is 32.2. The summed E-state index contributed by atoms with van der Waals surface area (Å²) in [4.78, 5) is 26.5. The van der Waals surface area contributed by atoms with E-state index in [0.29, 0.717) is 11.1 Å². The molecule has 0 spiro atoms. The second kappa shape index (κ2) is 10.00. The lowest BCUT2D eigenvalue weighted by Crippen LogP contribution is -2.41. The molecule has 1 aliphatic heterocycles. The number of hydrogen-bond donors (Lipinski definition) is 2. The fourth-order valence-corrected chi connectivity index (χ4v) is 4.10. The van der Waals surface area contributed by atoms with Crippen molar-refractivity contribution in [1.82, 2.24) is 15.5 Å². The van der Waals surface area contributed by atoms with Gasteiger partial charge in [0.2, 0.25) is 11.8 Å². The Hall–Kier alpha value is -2.81. The number of carbonyl (C=O) groups is 2. The van der Waals surface area contributed by atoms with Crippen molar-refractivity contribution in [2.75, 3.05) is 36.2 Å². The molecule has 2 amide bonds. The van der Waals surface area contributed by atoms with Crippen LogP contribution in [-0.4, -0.2) is 54.0 Å². The Morgan fingerprint density at radius 3 is 2.42 bits per heavy atom. The molecule has 4 rings (SSSR count). The molecule has 1 saturated heterocycles. The van der Waals surface area contributed by atoms with Gasteiger partial charge in [0.05, 0.1) is 12.9 Å². The summed E-state index contributed by atoms with van der Waals surface area (Å²) in [5.74, 6) is 2.01. The van der Waals surface area contributed by atoms with Crippen molar-refractivity contribution in [2.24, 2.45) is 5.92 Å². The van der Waals surface area contributed by atoms with Gasteiger partial charge in [-0.1, -0.05) is 11.8 Å². The Bertz CT molecular complexity index is 894. The molecule has 164 valence electrons. The maximum Gasteiger partial charge on any atom is 0.234 e. The predicted molar refractivity (Wildman–Crippen MR) is 120 cm³/mol. The molecular formula is C22H27N5O3S. The summed E-state index contributed by atoms with van der Waals surface area (Å²) in [6.07, 6.45) is 3.91. The van der Waals surface area contributed by atoms with Crippen molar-refractivity contribution in [3.05, 3.63) is 36.4 Å². The standard InChI is InChI=1S/C22H27N5O3S/c1-30-18-6-4-16(5-7-18)23-20(28)14-31-21-9-8-19(25-26-21)27-12-10-15(11-13-27)22(29)24-17-2-3-17/h4-9,15,17H,2-3,10-14H2,1H3,(H,23,28)(H,24,29). The lowest BCUT2D eigenvalue weighted by molar-refractivity contribution is -0.125. The van der Waals surface area contributed by atoms with Gasteiger partial charge < -0.3 is 20.3 Å². The number of ether oxygens (including phenoxy) is 1. The molecule has 2 heterocycles. The number of methoxy groups -OCH3 is 1. The molecule has 1 aromatic carbocycles. The average molecular weight is 442 g/mol. The van der Waals surface area contributed by atoms with Crippen LogP contribution in [0.5, 0.6) is 5.75 Å². The largest absolute Gasteiger partial charge is 0.497 e. The Morgan fingerprint density at radius 1 is 1.06 bits per heavy atom. The second-order valence-electron chi connectivity index (χ2n) is 7.84. The van der Waals surface area contributed by atoms with Gasteiger partial charge in [0.15, 0.2) is 5.82 Å². The molecule has 2 N–H and O–H groups in total. The minimum absolute atomic E-state index is 0.101. The Kier molecular flexibility index (Phi) is 6.91. The van der Waals surface area contributed by atoms with E-state index in [2.05, 4.69) is 25.7 Å². The number of benzene rings is 1. The van der Waals surface area contributed by atoms with Crippen molar-refractivity contribution in [3.8, 4) is 5.75 Å². The number of rotatable bonds is 8. The topological polar surface area (TPSA) is 96.5 Å². The average Bonchev–Trinajstić information content (AvgIpc) is 3.63. The zero-order valence-corrected chi connectivity index (χ0v) is 18.4. The highest BCUT2D eigenvalue weighted by molar-refractivity contribution is 7.99. The number of amides is 2. The van der Waals surface area contributed by atoms with E-state index in [1.807, 2.05) is 12.1 Å². The van der Waals surface area contributed by atoms with E-state index in [1.165, 1.54) is 11.8 Å². The number of hydrogen-bond acceptors (Lipinski definition) is 7. The van der Waals surface area contributed by atoms with Crippen LogP contribution in [0.25, 0.3) is 0 Å². The monoisotopic (exact) mass is 441 g/mol. The first kappa shape index (κ1) is 21.4. The molecule has 1 aliphatic carbocycles. The molecule has 2 fully saturated rings. The number of nitrogens with one attached hydrogen (secondary N) is 2. The van der Waals surface area contributed by atoms with Gasteiger partial charge in [-0.05, 0) is 62.1 Å². The number of piperidine rings is 1. The summed E-state index contributed by atoms with van der Waals surface area (Å²) in [6.45, 7) is 1.60. The molecule has 8 nitrogen and oxygen atoms in total. The summed E-state index contributed by atoms with van der Waals surface area (Å²) in [5, 5.41) is 15.2. The summed E-state index contributed by atoms with van der Waals surface area (Å²) >= 11 is 1.34.